The minimum absolute atomic E-state index is 0.0942. The van der Waals surface area contributed by atoms with E-state index in [0.717, 1.165) is 16.7 Å². The number of carbonyl (C=O) groups excluding carboxylic acids is 2. The highest BCUT2D eigenvalue weighted by molar-refractivity contribution is 6.05. The Morgan fingerprint density at radius 3 is 1.97 bits per heavy atom. The van der Waals surface area contributed by atoms with Gasteiger partial charge in [0.15, 0.2) is 0 Å². The maximum atomic E-state index is 12.0. The molecule has 0 aromatic heterocycles. The average Bonchev–Trinajstić information content (AvgIpc) is 2.68. The molecule has 30 heavy (non-hydrogen) atoms. The van der Waals surface area contributed by atoms with E-state index in [-0.39, 0.29) is 23.3 Å². The Labute approximate surface area is 176 Å². The van der Waals surface area contributed by atoms with Crippen LogP contribution in [0.3, 0.4) is 0 Å². The Hall–Kier alpha value is -3.80. The summed E-state index contributed by atoms with van der Waals surface area (Å²) in [5.41, 5.74) is 4.25. The molecule has 0 saturated carbocycles. The van der Waals surface area contributed by atoms with Crippen LogP contribution in [0.25, 0.3) is 0 Å². The van der Waals surface area contributed by atoms with Crippen molar-refractivity contribution >= 4 is 23.2 Å². The predicted octanol–water partition coefficient (Wildman–Crippen LogP) is 4.92. The highest BCUT2D eigenvalue weighted by Crippen LogP contribution is 2.29. The molecule has 4 N–H and O–H groups in total. The molecule has 3 aromatic carbocycles. The number of anilines is 2. The number of aromatic hydroxyl groups is 2. The van der Waals surface area contributed by atoms with Gasteiger partial charge < -0.3 is 20.8 Å². The van der Waals surface area contributed by atoms with E-state index in [1.54, 1.807) is 42.5 Å². The van der Waals surface area contributed by atoms with Crippen LogP contribution in [0.1, 0.15) is 34.0 Å². The van der Waals surface area contributed by atoms with Gasteiger partial charge in [0, 0.05) is 12.5 Å². The van der Waals surface area contributed by atoms with Crippen molar-refractivity contribution in [2.75, 3.05) is 10.6 Å². The Morgan fingerprint density at radius 2 is 1.40 bits per heavy atom. The normalized spacial score (nSPS) is 9.87. The van der Waals surface area contributed by atoms with Crippen LogP contribution in [0.4, 0.5) is 11.4 Å². The summed E-state index contributed by atoms with van der Waals surface area (Å²) >= 11 is 0. The van der Waals surface area contributed by atoms with Crippen molar-refractivity contribution in [3.05, 3.63) is 82.9 Å². The molecule has 3 rings (SSSR count). The first-order valence-corrected chi connectivity index (χ1v) is 9.41. The van der Waals surface area contributed by atoms with Gasteiger partial charge in [-0.15, -0.1) is 0 Å². The molecule has 0 aliphatic carbocycles. The zero-order valence-electron chi connectivity index (χ0n) is 17.5. The van der Waals surface area contributed by atoms with Gasteiger partial charge in [0.1, 0.15) is 11.5 Å². The lowest BCUT2D eigenvalue weighted by molar-refractivity contribution is -0.114. The minimum Gasteiger partial charge on any atom is -0.506 e. The molecule has 6 nitrogen and oxygen atoms in total. The molecule has 0 atom stereocenters. The molecule has 0 heterocycles. The van der Waals surface area contributed by atoms with Crippen LogP contribution >= 0.6 is 0 Å². The lowest BCUT2D eigenvalue weighted by Gasteiger charge is -2.11. The molecule has 0 radical (unpaired) electrons. The number of benzene rings is 3. The van der Waals surface area contributed by atoms with Gasteiger partial charge in [0.2, 0.25) is 5.91 Å². The van der Waals surface area contributed by atoms with Crippen LogP contribution in [-0.2, 0) is 4.79 Å². The minimum atomic E-state index is -0.224. The number of phenols is 2. The number of hydrogen-bond donors (Lipinski definition) is 4. The molecule has 0 spiro atoms. The molecule has 0 bridgehead atoms. The van der Waals surface area contributed by atoms with E-state index in [9.17, 15) is 19.8 Å². The summed E-state index contributed by atoms with van der Waals surface area (Å²) in [4.78, 5) is 22.6. The quantitative estimate of drug-likeness (QED) is 0.464. The van der Waals surface area contributed by atoms with Crippen molar-refractivity contribution < 1.29 is 19.8 Å². The number of hydrogen-bond acceptors (Lipinski definition) is 4. The van der Waals surface area contributed by atoms with Crippen LogP contribution in [0, 0.1) is 20.8 Å². The fourth-order valence-electron chi connectivity index (χ4n) is 2.82. The zero-order chi connectivity index (χ0) is 22.3. The van der Waals surface area contributed by atoms with Gasteiger partial charge >= 0.3 is 0 Å². The highest BCUT2D eigenvalue weighted by Gasteiger charge is 2.11. The SMILES string of the molecule is CC(=O)Nc1ccc(C)cc1O.Cc1cc(C)c(NC(=O)c2ccccc2)c(O)c1. The fourth-order valence-corrected chi connectivity index (χ4v) is 2.82. The fraction of sp³-hybridized carbons (Fsp3) is 0.167. The Balaban J connectivity index is 0.000000232. The summed E-state index contributed by atoms with van der Waals surface area (Å²) in [6.45, 7) is 7.03. The van der Waals surface area contributed by atoms with Gasteiger partial charge in [-0.2, -0.15) is 0 Å². The third-order valence-electron chi connectivity index (χ3n) is 4.20. The predicted molar refractivity (Wildman–Crippen MR) is 119 cm³/mol. The molecule has 6 heteroatoms. The molecule has 0 saturated heterocycles. The molecule has 0 aliphatic rings. The summed E-state index contributed by atoms with van der Waals surface area (Å²) in [5, 5.41) is 24.4. The lowest BCUT2D eigenvalue weighted by atomic mass is 10.1. The largest absolute Gasteiger partial charge is 0.506 e. The molecule has 3 aromatic rings. The standard InChI is InChI=1S/C15H15NO2.C9H11NO2/c1-10-8-11(2)14(13(17)9-10)16-15(18)12-6-4-3-5-7-12;1-6-3-4-8(9(12)5-6)10-7(2)11/h3-9,17H,1-2H3,(H,16,18);3-5,12H,1-2H3,(H,10,11). The van der Waals surface area contributed by atoms with Gasteiger partial charge in [-0.3, -0.25) is 9.59 Å². The van der Waals surface area contributed by atoms with E-state index in [0.29, 0.717) is 16.9 Å². The highest BCUT2D eigenvalue weighted by atomic mass is 16.3. The lowest BCUT2D eigenvalue weighted by Crippen LogP contribution is -2.12. The summed E-state index contributed by atoms with van der Waals surface area (Å²) in [5.74, 6) is -0.214. The van der Waals surface area contributed by atoms with Gasteiger partial charge in [0.25, 0.3) is 5.91 Å². The number of carbonyl (C=O) groups is 2. The Morgan fingerprint density at radius 1 is 0.767 bits per heavy atom. The first-order chi connectivity index (χ1) is 14.2. The average molecular weight is 406 g/mol. The summed E-state index contributed by atoms with van der Waals surface area (Å²) in [7, 11) is 0. The Bertz CT molecular complexity index is 1020. The smallest absolute Gasteiger partial charge is 0.255 e. The molecule has 0 unspecified atom stereocenters. The molecular formula is C24H26N2O4. The molecule has 0 fully saturated rings. The maximum absolute atomic E-state index is 12.0. The molecule has 156 valence electrons. The number of nitrogens with one attached hydrogen (secondary N) is 2. The van der Waals surface area contributed by atoms with Crippen molar-refractivity contribution in [1.29, 1.82) is 0 Å². The van der Waals surface area contributed by atoms with E-state index < -0.39 is 0 Å². The molecular weight excluding hydrogens is 380 g/mol. The number of phenolic OH excluding ortho intramolecular Hbond substituents is 2. The van der Waals surface area contributed by atoms with Crippen LogP contribution in [0.2, 0.25) is 0 Å². The number of amides is 2. The van der Waals surface area contributed by atoms with E-state index in [1.807, 2.05) is 39.0 Å². The number of rotatable bonds is 3. The monoisotopic (exact) mass is 406 g/mol. The third kappa shape index (κ3) is 6.38. The molecule has 0 aliphatic heterocycles. The van der Waals surface area contributed by atoms with Gasteiger partial charge in [-0.25, -0.2) is 0 Å². The van der Waals surface area contributed by atoms with E-state index in [4.69, 9.17) is 0 Å². The second kappa shape index (κ2) is 10.1. The first-order valence-electron chi connectivity index (χ1n) is 9.41. The van der Waals surface area contributed by atoms with E-state index in [2.05, 4.69) is 10.6 Å². The third-order valence-corrected chi connectivity index (χ3v) is 4.20. The Kier molecular flexibility index (Phi) is 7.58. The summed E-state index contributed by atoms with van der Waals surface area (Å²) in [6, 6.07) is 17.6. The topological polar surface area (TPSA) is 98.7 Å². The van der Waals surface area contributed by atoms with E-state index >= 15 is 0 Å². The summed E-state index contributed by atoms with van der Waals surface area (Å²) in [6.07, 6.45) is 0. The maximum Gasteiger partial charge on any atom is 0.255 e. The first kappa shape index (κ1) is 22.5. The van der Waals surface area contributed by atoms with Crippen LogP contribution in [-0.4, -0.2) is 22.0 Å². The second-order valence-corrected chi connectivity index (χ2v) is 7.00. The van der Waals surface area contributed by atoms with Crippen molar-refractivity contribution in [3.63, 3.8) is 0 Å². The van der Waals surface area contributed by atoms with Gasteiger partial charge in [-0.05, 0) is 67.8 Å². The zero-order valence-corrected chi connectivity index (χ0v) is 17.5. The summed E-state index contributed by atoms with van der Waals surface area (Å²) < 4.78 is 0. The van der Waals surface area contributed by atoms with Crippen LogP contribution in [0.5, 0.6) is 11.5 Å². The van der Waals surface area contributed by atoms with Crippen LogP contribution < -0.4 is 10.6 Å². The number of aryl methyl sites for hydroxylation is 3. The molecule has 2 amide bonds. The van der Waals surface area contributed by atoms with Gasteiger partial charge in [0.05, 0.1) is 11.4 Å². The van der Waals surface area contributed by atoms with Crippen molar-refractivity contribution in [2.24, 2.45) is 0 Å². The van der Waals surface area contributed by atoms with Gasteiger partial charge in [-0.1, -0.05) is 30.3 Å². The van der Waals surface area contributed by atoms with Crippen LogP contribution in [0.15, 0.2) is 60.7 Å². The van der Waals surface area contributed by atoms with E-state index in [1.165, 1.54) is 6.92 Å². The second-order valence-electron chi connectivity index (χ2n) is 7.00. The van der Waals surface area contributed by atoms with Crippen molar-refractivity contribution in [1.82, 2.24) is 0 Å². The van der Waals surface area contributed by atoms with Crippen molar-refractivity contribution in [2.45, 2.75) is 27.7 Å². The van der Waals surface area contributed by atoms with Crippen molar-refractivity contribution in [3.8, 4) is 11.5 Å².